The molecule has 1 aromatic heterocycles. The van der Waals surface area contributed by atoms with Crippen LogP contribution >= 0.6 is 0 Å². The molecule has 1 aliphatic rings. The van der Waals surface area contributed by atoms with Gasteiger partial charge in [-0.2, -0.15) is 0 Å². The molecule has 2 aromatic rings. The Morgan fingerprint density at radius 3 is 2.78 bits per heavy atom. The van der Waals surface area contributed by atoms with E-state index in [1.165, 1.54) is 12.3 Å². The smallest absolute Gasteiger partial charge is 0.254 e. The van der Waals surface area contributed by atoms with E-state index in [0.717, 1.165) is 0 Å². The van der Waals surface area contributed by atoms with Crippen LogP contribution in [0, 0.1) is 5.82 Å². The molecule has 8 heteroatoms. The van der Waals surface area contributed by atoms with Crippen LogP contribution in [0.2, 0.25) is 0 Å². The second-order valence-corrected chi connectivity index (χ2v) is 8.75. The van der Waals surface area contributed by atoms with Crippen LogP contribution in [0.1, 0.15) is 29.3 Å². The highest BCUT2D eigenvalue weighted by atomic mass is 32.2. The summed E-state index contributed by atoms with van der Waals surface area (Å²) in [6, 6.07) is 9.35. The summed E-state index contributed by atoms with van der Waals surface area (Å²) in [7, 11) is -3.07. The quantitative estimate of drug-likeness (QED) is 0.818. The highest BCUT2D eigenvalue weighted by Crippen LogP contribution is 2.20. The molecule has 3 rings (SSSR count). The van der Waals surface area contributed by atoms with Crippen molar-refractivity contribution >= 4 is 21.6 Å². The standard InChI is InChI=1S/C19H22FN3O3S/c1-2-23(16-8-10-27(25,26)13-16)19(24)14-7-9-21-18(11-14)22-12-15-5-3-4-6-17(15)20/h3-7,9,11,16H,2,8,10,12-13H2,1H3,(H,21,22). The molecule has 1 aromatic carbocycles. The number of aromatic nitrogens is 1. The SMILES string of the molecule is CCN(C(=O)c1ccnc(NCc2ccccc2F)c1)C1CCS(=O)(=O)C1. The molecule has 1 atom stereocenters. The molecule has 27 heavy (non-hydrogen) atoms. The maximum absolute atomic E-state index is 13.7. The van der Waals surface area contributed by atoms with Crippen molar-refractivity contribution in [1.82, 2.24) is 9.88 Å². The molecule has 144 valence electrons. The fourth-order valence-electron chi connectivity index (χ4n) is 3.24. The van der Waals surface area contributed by atoms with E-state index in [9.17, 15) is 17.6 Å². The molecule has 1 amide bonds. The third-order valence-electron chi connectivity index (χ3n) is 4.68. The molecule has 1 aliphatic heterocycles. The number of hydrogen-bond acceptors (Lipinski definition) is 5. The van der Waals surface area contributed by atoms with Gasteiger partial charge < -0.3 is 10.2 Å². The van der Waals surface area contributed by atoms with Crippen molar-refractivity contribution in [3.63, 3.8) is 0 Å². The molecule has 1 saturated heterocycles. The Hall–Kier alpha value is -2.48. The number of amides is 1. The van der Waals surface area contributed by atoms with Crippen LogP contribution in [-0.2, 0) is 16.4 Å². The number of benzene rings is 1. The van der Waals surface area contributed by atoms with Gasteiger partial charge in [0, 0.05) is 36.5 Å². The fourth-order valence-corrected chi connectivity index (χ4v) is 4.97. The lowest BCUT2D eigenvalue weighted by Crippen LogP contribution is -2.41. The summed E-state index contributed by atoms with van der Waals surface area (Å²) in [5.41, 5.74) is 0.926. The number of anilines is 1. The first-order chi connectivity index (χ1) is 12.9. The molecule has 0 spiro atoms. The second kappa shape index (κ2) is 8.04. The van der Waals surface area contributed by atoms with E-state index in [2.05, 4.69) is 10.3 Å². The Balaban J connectivity index is 1.72. The Morgan fingerprint density at radius 2 is 2.11 bits per heavy atom. The zero-order valence-electron chi connectivity index (χ0n) is 15.1. The Kier molecular flexibility index (Phi) is 5.74. The van der Waals surface area contributed by atoms with Gasteiger partial charge in [0.1, 0.15) is 11.6 Å². The average Bonchev–Trinajstić information content (AvgIpc) is 3.01. The average molecular weight is 391 g/mol. The Bertz CT molecular complexity index is 933. The molecule has 6 nitrogen and oxygen atoms in total. The van der Waals surface area contributed by atoms with Gasteiger partial charge in [0.25, 0.3) is 5.91 Å². The maximum atomic E-state index is 13.7. The number of hydrogen-bond donors (Lipinski definition) is 1. The molecule has 1 N–H and O–H groups in total. The third-order valence-corrected chi connectivity index (χ3v) is 6.43. The molecule has 2 heterocycles. The minimum Gasteiger partial charge on any atom is -0.366 e. The monoisotopic (exact) mass is 391 g/mol. The van der Waals surface area contributed by atoms with Crippen LogP contribution in [0.4, 0.5) is 10.2 Å². The zero-order chi connectivity index (χ0) is 19.4. The number of carbonyl (C=O) groups is 1. The van der Waals surface area contributed by atoms with Gasteiger partial charge in [-0.15, -0.1) is 0 Å². The Labute approximate surface area is 158 Å². The topological polar surface area (TPSA) is 79.4 Å². The van der Waals surface area contributed by atoms with Gasteiger partial charge in [0.2, 0.25) is 0 Å². The summed E-state index contributed by atoms with van der Waals surface area (Å²) in [6.45, 7) is 2.51. The third kappa shape index (κ3) is 4.63. The van der Waals surface area contributed by atoms with Crippen molar-refractivity contribution in [2.45, 2.75) is 25.9 Å². The zero-order valence-corrected chi connectivity index (χ0v) is 15.9. The van der Waals surface area contributed by atoms with Crippen LogP contribution in [0.15, 0.2) is 42.6 Å². The molecule has 0 radical (unpaired) electrons. The molecule has 1 unspecified atom stereocenters. The van der Waals surface area contributed by atoms with Crippen molar-refractivity contribution in [1.29, 1.82) is 0 Å². The number of nitrogens with one attached hydrogen (secondary N) is 1. The molecule has 0 saturated carbocycles. The fraction of sp³-hybridized carbons (Fsp3) is 0.368. The summed E-state index contributed by atoms with van der Waals surface area (Å²) in [6.07, 6.45) is 1.97. The number of sulfone groups is 1. The summed E-state index contributed by atoms with van der Waals surface area (Å²) in [4.78, 5) is 18.6. The van der Waals surface area contributed by atoms with Gasteiger partial charge in [-0.05, 0) is 31.5 Å². The first-order valence-electron chi connectivity index (χ1n) is 8.84. The largest absolute Gasteiger partial charge is 0.366 e. The number of rotatable bonds is 6. The molecule has 0 bridgehead atoms. The number of pyridine rings is 1. The number of nitrogens with zero attached hydrogens (tertiary/aromatic N) is 2. The minimum atomic E-state index is -3.07. The number of halogens is 1. The first kappa shape index (κ1) is 19.3. The van der Waals surface area contributed by atoms with Crippen LogP contribution in [-0.4, -0.2) is 48.3 Å². The highest BCUT2D eigenvalue weighted by molar-refractivity contribution is 7.91. The van der Waals surface area contributed by atoms with Crippen LogP contribution in [0.5, 0.6) is 0 Å². The summed E-state index contributed by atoms with van der Waals surface area (Å²) < 4.78 is 37.2. The second-order valence-electron chi connectivity index (χ2n) is 6.52. The maximum Gasteiger partial charge on any atom is 0.254 e. The molecule has 0 aliphatic carbocycles. The van der Waals surface area contributed by atoms with Crippen LogP contribution in [0.3, 0.4) is 0 Å². The summed E-state index contributed by atoms with van der Waals surface area (Å²) in [5.74, 6) is 0.0514. The lowest BCUT2D eigenvalue weighted by atomic mass is 10.1. The van der Waals surface area contributed by atoms with E-state index in [4.69, 9.17) is 0 Å². The lowest BCUT2D eigenvalue weighted by molar-refractivity contribution is 0.0708. The van der Waals surface area contributed by atoms with Crippen molar-refractivity contribution < 1.29 is 17.6 Å². The normalized spacial score (nSPS) is 18.2. The molecular weight excluding hydrogens is 369 g/mol. The van der Waals surface area contributed by atoms with E-state index in [1.807, 2.05) is 6.92 Å². The van der Waals surface area contributed by atoms with E-state index in [-0.39, 0.29) is 35.8 Å². The van der Waals surface area contributed by atoms with Crippen molar-refractivity contribution in [2.24, 2.45) is 0 Å². The van der Waals surface area contributed by atoms with Gasteiger partial charge in [-0.25, -0.2) is 17.8 Å². The summed E-state index contributed by atoms with van der Waals surface area (Å²) >= 11 is 0. The van der Waals surface area contributed by atoms with Crippen molar-refractivity contribution in [3.8, 4) is 0 Å². The van der Waals surface area contributed by atoms with Gasteiger partial charge in [-0.3, -0.25) is 4.79 Å². The van der Waals surface area contributed by atoms with Gasteiger partial charge in [0.15, 0.2) is 9.84 Å². The molecular formula is C19H22FN3O3S. The van der Waals surface area contributed by atoms with E-state index >= 15 is 0 Å². The van der Waals surface area contributed by atoms with Gasteiger partial charge in [0.05, 0.1) is 11.5 Å². The van der Waals surface area contributed by atoms with Crippen LogP contribution < -0.4 is 5.32 Å². The van der Waals surface area contributed by atoms with E-state index < -0.39 is 9.84 Å². The summed E-state index contributed by atoms with van der Waals surface area (Å²) in [5, 5.41) is 3.02. The van der Waals surface area contributed by atoms with Gasteiger partial charge >= 0.3 is 0 Å². The van der Waals surface area contributed by atoms with Gasteiger partial charge in [-0.1, -0.05) is 18.2 Å². The van der Waals surface area contributed by atoms with E-state index in [1.54, 1.807) is 35.2 Å². The van der Waals surface area contributed by atoms with Crippen LogP contribution in [0.25, 0.3) is 0 Å². The predicted octanol–water partition coefficient (Wildman–Crippen LogP) is 2.48. The van der Waals surface area contributed by atoms with Crippen molar-refractivity contribution in [2.75, 3.05) is 23.4 Å². The van der Waals surface area contributed by atoms with E-state index in [0.29, 0.717) is 29.9 Å². The first-order valence-corrected chi connectivity index (χ1v) is 10.7. The highest BCUT2D eigenvalue weighted by Gasteiger charge is 2.34. The van der Waals surface area contributed by atoms with Crippen molar-refractivity contribution in [3.05, 3.63) is 59.5 Å². The Morgan fingerprint density at radius 1 is 1.33 bits per heavy atom. The molecule has 1 fully saturated rings. The minimum absolute atomic E-state index is 0.00997. The number of carbonyl (C=O) groups excluding carboxylic acids is 1. The lowest BCUT2D eigenvalue weighted by Gasteiger charge is -2.27. The predicted molar refractivity (Wildman–Crippen MR) is 102 cm³/mol.